The number of hydrogen-bond donors (Lipinski definition) is 2. The second-order valence-electron chi connectivity index (χ2n) is 9.38. The molecule has 0 aliphatic rings. The van der Waals surface area contributed by atoms with Crippen LogP contribution in [0.25, 0.3) is 11.1 Å². The SMILES string of the molecule is CSCCC(NC(=O)c1ccc(CCc2ccc(Oc3ccccc3Cl)nc2)cc1-c1ccccc1C)C(=O)O.[H-].[Li+]. The number of para-hydroxylation sites is 1. The molecule has 1 atom stereocenters. The van der Waals surface area contributed by atoms with E-state index in [1.807, 2.05) is 73.8 Å². The number of amides is 1. The molecule has 4 aromatic rings. The van der Waals surface area contributed by atoms with E-state index in [0.29, 0.717) is 34.4 Å². The number of thioether (sulfide) groups is 1. The van der Waals surface area contributed by atoms with Gasteiger partial charge in [0.2, 0.25) is 5.88 Å². The zero-order chi connectivity index (χ0) is 28.5. The number of nitrogens with one attached hydrogen (secondary N) is 1. The fourth-order valence-corrected chi connectivity index (χ4v) is 4.97. The molecule has 6 nitrogen and oxygen atoms in total. The fourth-order valence-electron chi connectivity index (χ4n) is 4.32. The van der Waals surface area contributed by atoms with Crippen LogP contribution in [0.5, 0.6) is 11.6 Å². The van der Waals surface area contributed by atoms with Crippen molar-refractivity contribution in [2.75, 3.05) is 12.0 Å². The minimum atomic E-state index is -1.03. The molecule has 1 unspecified atom stereocenters. The standard InChI is InChI=1S/C32H31ClN2O4S.Li.H/c1-21-7-3-4-8-24(21)26-19-22(13-15-25(26)31(36)35-28(32(37)38)17-18-40-2)11-12-23-14-16-30(34-20-23)39-29-10-6-5-9-27(29)33;;/h3-10,13-16,19-20,28H,11-12,17-18H2,1-2H3,(H,35,36)(H,37,38);;/q;+1;-1. The number of hydrogen-bond acceptors (Lipinski definition) is 5. The van der Waals surface area contributed by atoms with E-state index >= 15 is 0 Å². The van der Waals surface area contributed by atoms with E-state index in [2.05, 4.69) is 10.3 Å². The minimum Gasteiger partial charge on any atom is -1.00 e. The van der Waals surface area contributed by atoms with Crippen molar-refractivity contribution in [1.82, 2.24) is 10.3 Å². The fraction of sp³-hybridized carbons (Fsp3) is 0.219. The maximum Gasteiger partial charge on any atom is 1.00 e. The largest absolute Gasteiger partial charge is 1.00 e. The van der Waals surface area contributed by atoms with Gasteiger partial charge in [-0.15, -0.1) is 0 Å². The van der Waals surface area contributed by atoms with Crippen molar-refractivity contribution in [3.8, 4) is 22.8 Å². The first kappa shape index (κ1) is 32.3. The third kappa shape index (κ3) is 8.88. The second-order valence-corrected chi connectivity index (χ2v) is 10.8. The monoisotopic (exact) mass is 582 g/mol. The van der Waals surface area contributed by atoms with Crippen molar-refractivity contribution in [3.63, 3.8) is 0 Å². The molecule has 0 saturated heterocycles. The van der Waals surface area contributed by atoms with Crippen LogP contribution in [0.4, 0.5) is 0 Å². The van der Waals surface area contributed by atoms with Crippen molar-refractivity contribution in [3.05, 3.63) is 112 Å². The molecule has 4 rings (SSSR count). The summed E-state index contributed by atoms with van der Waals surface area (Å²) in [7, 11) is 0. The number of aryl methyl sites for hydroxylation is 3. The average molecular weight is 583 g/mol. The van der Waals surface area contributed by atoms with Crippen molar-refractivity contribution in [2.45, 2.75) is 32.2 Å². The van der Waals surface area contributed by atoms with Gasteiger partial charge in [-0.3, -0.25) is 4.79 Å². The molecule has 3 aromatic carbocycles. The minimum absolute atomic E-state index is 0. The summed E-state index contributed by atoms with van der Waals surface area (Å²) in [6.07, 6.45) is 5.54. The molecule has 41 heavy (non-hydrogen) atoms. The van der Waals surface area contributed by atoms with Crippen molar-refractivity contribution in [2.24, 2.45) is 0 Å². The van der Waals surface area contributed by atoms with Gasteiger partial charge < -0.3 is 16.6 Å². The van der Waals surface area contributed by atoms with Gasteiger partial charge in [0.05, 0.1) is 5.02 Å². The molecular formula is C32H32ClLiN2O4S. The summed E-state index contributed by atoms with van der Waals surface area (Å²) in [6, 6.07) is 23.7. The molecule has 0 bridgehead atoms. The number of aliphatic carboxylic acids is 1. The van der Waals surface area contributed by atoms with Crippen LogP contribution in [-0.2, 0) is 17.6 Å². The first-order valence-corrected chi connectivity index (χ1v) is 14.7. The second kappa shape index (κ2) is 15.7. The van der Waals surface area contributed by atoms with Gasteiger partial charge in [0.1, 0.15) is 11.8 Å². The first-order chi connectivity index (χ1) is 19.4. The number of carbonyl (C=O) groups is 2. The van der Waals surface area contributed by atoms with Crippen molar-refractivity contribution < 1.29 is 39.7 Å². The maximum absolute atomic E-state index is 13.3. The van der Waals surface area contributed by atoms with Crippen molar-refractivity contribution >= 4 is 35.2 Å². The van der Waals surface area contributed by atoms with E-state index < -0.39 is 17.9 Å². The van der Waals surface area contributed by atoms with Gasteiger partial charge in [-0.25, -0.2) is 9.78 Å². The Balaban J connectivity index is 0.00000308. The van der Waals surface area contributed by atoms with Gasteiger partial charge in [-0.1, -0.05) is 66.2 Å². The quantitative estimate of drug-likeness (QED) is 0.242. The summed E-state index contributed by atoms with van der Waals surface area (Å²) in [5.41, 5.74) is 5.31. The Bertz CT molecular complexity index is 1490. The van der Waals surface area contributed by atoms with Crippen LogP contribution in [0.15, 0.2) is 85.1 Å². The smallest absolute Gasteiger partial charge is 1.00 e. The molecule has 0 radical (unpaired) electrons. The summed E-state index contributed by atoms with van der Waals surface area (Å²) >= 11 is 7.72. The Morgan fingerprint density at radius 2 is 1.71 bits per heavy atom. The molecule has 0 fully saturated rings. The molecule has 2 N–H and O–H groups in total. The van der Waals surface area contributed by atoms with Crippen LogP contribution in [0.1, 0.15) is 34.9 Å². The number of ether oxygens (including phenoxy) is 1. The maximum atomic E-state index is 13.3. The summed E-state index contributed by atoms with van der Waals surface area (Å²) in [4.78, 5) is 29.5. The number of carbonyl (C=O) groups excluding carboxylic acids is 1. The van der Waals surface area contributed by atoms with Gasteiger partial charge in [0.25, 0.3) is 5.91 Å². The first-order valence-electron chi connectivity index (χ1n) is 12.9. The van der Waals surface area contributed by atoms with Crippen LogP contribution in [0.3, 0.4) is 0 Å². The average Bonchev–Trinajstić information content (AvgIpc) is 2.96. The third-order valence-electron chi connectivity index (χ3n) is 6.53. The number of nitrogens with zero attached hydrogens (tertiary/aromatic N) is 1. The number of benzene rings is 3. The summed E-state index contributed by atoms with van der Waals surface area (Å²) in [6.45, 7) is 2.00. The van der Waals surface area contributed by atoms with Gasteiger partial charge in [0.15, 0.2) is 0 Å². The van der Waals surface area contributed by atoms with Gasteiger partial charge in [-0.05, 0) is 84.2 Å². The van der Waals surface area contributed by atoms with Gasteiger partial charge >= 0.3 is 24.8 Å². The molecular weight excluding hydrogens is 551 g/mol. The molecule has 0 aliphatic carbocycles. The van der Waals surface area contributed by atoms with E-state index in [9.17, 15) is 14.7 Å². The molecule has 208 valence electrons. The van der Waals surface area contributed by atoms with E-state index in [4.69, 9.17) is 16.3 Å². The molecule has 1 aromatic heterocycles. The molecule has 9 heteroatoms. The Labute approximate surface area is 263 Å². The van der Waals surface area contributed by atoms with E-state index in [0.717, 1.165) is 40.7 Å². The van der Waals surface area contributed by atoms with Crippen molar-refractivity contribution in [1.29, 1.82) is 0 Å². The molecule has 0 saturated carbocycles. The van der Waals surface area contributed by atoms with E-state index in [1.54, 1.807) is 36.2 Å². The number of rotatable bonds is 12. The Morgan fingerprint density at radius 1 is 1.00 bits per heavy atom. The van der Waals surface area contributed by atoms with Crippen LogP contribution in [0.2, 0.25) is 5.02 Å². The van der Waals surface area contributed by atoms with E-state index in [1.165, 1.54) is 0 Å². The third-order valence-corrected chi connectivity index (χ3v) is 7.49. The number of carboxylic acids is 1. The summed E-state index contributed by atoms with van der Waals surface area (Å²) < 4.78 is 5.78. The van der Waals surface area contributed by atoms with Gasteiger partial charge in [-0.2, -0.15) is 11.8 Å². The molecule has 0 aliphatic heterocycles. The predicted molar refractivity (Wildman–Crippen MR) is 163 cm³/mol. The zero-order valence-corrected chi connectivity index (χ0v) is 25.0. The number of aromatic nitrogens is 1. The molecule has 1 amide bonds. The van der Waals surface area contributed by atoms with Crippen LogP contribution >= 0.6 is 23.4 Å². The summed E-state index contributed by atoms with van der Waals surface area (Å²) in [5.74, 6) is 0.232. The normalized spacial score (nSPS) is 11.3. The number of pyridine rings is 1. The Hall–Kier alpha value is -3.21. The Morgan fingerprint density at radius 3 is 2.39 bits per heavy atom. The van der Waals surface area contributed by atoms with Crippen LogP contribution in [-0.4, -0.2) is 40.0 Å². The van der Waals surface area contributed by atoms with Crippen LogP contribution < -0.4 is 28.9 Å². The van der Waals surface area contributed by atoms with Crippen LogP contribution in [0, 0.1) is 6.92 Å². The van der Waals surface area contributed by atoms with E-state index in [-0.39, 0.29) is 20.3 Å². The molecule has 0 spiro atoms. The number of halogens is 1. The summed E-state index contributed by atoms with van der Waals surface area (Å²) in [5, 5.41) is 12.9. The molecule has 1 heterocycles. The Kier molecular flexibility index (Phi) is 12.4. The predicted octanol–water partition coefficient (Wildman–Crippen LogP) is 4.34. The zero-order valence-electron chi connectivity index (χ0n) is 24.4. The number of carboxylic acid groups (broad SMARTS) is 1. The topological polar surface area (TPSA) is 88.5 Å². The van der Waals surface area contributed by atoms with Gasteiger partial charge in [0, 0.05) is 17.8 Å².